The Morgan fingerprint density at radius 1 is 1.16 bits per heavy atom. The molecule has 4 rings (SSSR count). The summed E-state index contributed by atoms with van der Waals surface area (Å²) in [5.41, 5.74) is 1.80. The van der Waals surface area contributed by atoms with E-state index < -0.39 is 0 Å². The van der Waals surface area contributed by atoms with Crippen LogP contribution in [0.15, 0.2) is 41.4 Å². The SMILES string of the molecule is O=C1c2cccc(c2)SNc2nccc(n2)CCC2CCCCCN12. The maximum Gasteiger partial charge on any atom is 0.254 e. The molecule has 1 aromatic heterocycles. The molecule has 2 aromatic rings. The molecule has 0 saturated carbocycles. The molecule has 1 fully saturated rings. The molecule has 25 heavy (non-hydrogen) atoms. The summed E-state index contributed by atoms with van der Waals surface area (Å²) in [5, 5.41) is 0. The van der Waals surface area contributed by atoms with Gasteiger partial charge in [-0.1, -0.05) is 18.9 Å². The molecule has 2 aliphatic heterocycles. The van der Waals surface area contributed by atoms with Crippen LogP contribution in [0.2, 0.25) is 0 Å². The van der Waals surface area contributed by atoms with Gasteiger partial charge in [-0.25, -0.2) is 9.97 Å². The van der Waals surface area contributed by atoms with Gasteiger partial charge in [0.1, 0.15) is 0 Å². The van der Waals surface area contributed by atoms with Crippen molar-refractivity contribution < 1.29 is 4.79 Å². The number of hydrogen-bond donors (Lipinski definition) is 1. The molecular formula is C19H22N4OS. The van der Waals surface area contributed by atoms with E-state index in [9.17, 15) is 4.79 Å². The molecule has 2 aliphatic rings. The Bertz CT molecular complexity index is 767. The van der Waals surface area contributed by atoms with Crippen molar-refractivity contribution in [2.24, 2.45) is 0 Å². The second-order valence-electron chi connectivity index (χ2n) is 6.64. The molecule has 0 radical (unpaired) electrons. The van der Waals surface area contributed by atoms with Crippen LogP contribution >= 0.6 is 11.9 Å². The quantitative estimate of drug-likeness (QED) is 0.727. The van der Waals surface area contributed by atoms with Crippen molar-refractivity contribution in [1.82, 2.24) is 14.9 Å². The lowest BCUT2D eigenvalue weighted by Gasteiger charge is -2.30. The Labute approximate surface area is 152 Å². The molecule has 0 aliphatic carbocycles. The van der Waals surface area contributed by atoms with E-state index in [1.54, 1.807) is 6.20 Å². The molecule has 6 heteroatoms. The monoisotopic (exact) mass is 354 g/mol. The molecule has 1 unspecified atom stereocenters. The Hall–Kier alpha value is -2.08. The number of anilines is 1. The number of aromatic nitrogens is 2. The largest absolute Gasteiger partial charge is 0.336 e. The van der Waals surface area contributed by atoms with Crippen molar-refractivity contribution in [1.29, 1.82) is 0 Å². The van der Waals surface area contributed by atoms with E-state index in [1.807, 2.05) is 30.3 Å². The van der Waals surface area contributed by atoms with Crippen molar-refractivity contribution in [3.63, 3.8) is 0 Å². The minimum Gasteiger partial charge on any atom is -0.336 e. The summed E-state index contributed by atoms with van der Waals surface area (Å²) in [4.78, 5) is 25.1. The molecule has 4 bridgehead atoms. The van der Waals surface area contributed by atoms with Crippen LogP contribution < -0.4 is 4.72 Å². The maximum absolute atomic E-state index is 13.2. The summed E-state index contributed by atoms with van der Waals surface area (Å²) in [6.07, 6.45) is 8.20. The van der Waals surface area contributed by atoms with Crippen LogP contribution in [0.1, 0.15) is 48.2 Å². The fourth-order valence-electron chi connectivity index (χ4n) is 3.61. The molecular weight excluding hydrogens is 332 g/mol. The zero-order valence-corrected chi connectivity index (χ0v) is 15.0. The van der Waals surface area contributed by atoms with Gasteiger partial charge >= 0.3 is 0 Å². The second-order valence-corrected chi connectivity index (χ2v) is 7.52. The molecule has 1 saturated heterocycles. The Morgan fingerprint density at radius 2 is 2.12 bits per heavy atom. The lowest BCUT2D eigenvalue weighted by molar-refractivity contribution is 0.0673. The van der Waals surface area contributed by atoms with Gasteiger partial charge in [0.05, 0.1) is 0 Å². The van der Waals surface area contributed by atoms with Crippen LogP contribution in [0.25, 0.3) is 0 Å². The average Bonchev–Trinajstić information content (AvgIpc) is 2.89. The zero-order valence-electron chi connectivity index (χ0n) is 14.1. The van der Waals surface area contributed by atoms with Crippen molar-refractivity contribution in [3.8, 4) is 0 Å². The third-order valence-electron chi connectivity index (χ3n) is 4.93. The fourth-order valence-corrected chi connectivity index (χ4v) is 4.25. The van der Waals surface area contributed by atoms with E-state index in [0.29, 0.717) is 12.0 Å². The summed E-state index contributed by atoms with van der Waals surface area (Å²) in [6.45, 7) is 0.855. The topological polar surface area (TPSA) is 58.1 Å². The first-order valence-corrected chi connectivity index (χ1v) is 9.77. The van der Waals surface area contributed by atoms with Crippen LogP contribution in [-0.4, -0.2) is 33.4 Å². The van der Waals surface area contributed by atoms with Crippen molar-refractivity contribution in [3.05, 3.63) is 47.8 Å². The van der Waals surface area contributed by atoms with E-state index in [4.69, 9.17) is 0 Å². The van der Waals surface area contributed by atoms with E-state index in [2.05, 4.69) is 19.6 Å². The van der Waals surface area contributed by atoms with Crippen molar-refractivity contribution in [2.45, 2.75) is 49.5 Å². The number of rotatable bonds is 0. The number of nitrogens with zero attached hydrogens (tertiary/aromatic N) is 3. The first kappa shape index (κ1) is 16.4. The minimum absolute atomic E-state index is 0.159. The highest BCUT2D eigenvalue weighted by Crippen LogP contribution is 2.26. The Morgan fingerprint density at radius 3 is 3.08 bits per heavy atom. The highest BCUT2D eigenvalue weighted by molar-refractivity contribution is 8.00. The van der Waals surface area contributed by atoms with Crippen LogP contribution in [-0.2, 0) is 6.42 Å². The molecule has 130 valence electrons. The summed E-state index contributed by atoms with van der Waals surface area (Å²) >= 11 is 1.44. The fraction of sp³-hybridized carbons (Fsp3) is 0.421. The molecule has 3 heterocycles. The van der Waals surface area contributed by atoms with Gasteiger partial charge in [-0.15, -0.1) is 0 Å². The van der Waals surface area contributed by atoms with Gasteiger partial charge in [0, 0.05) is 34.9 Å². The Balaban J connectivity index is 1.71. The van der Waals surface area contributed by atoms with Gasteiger partial charge in [-0.2, -0.15) is 0 Å². The average molecular weight is 354 g/mol. The Kier molecular flexibility index (Phi) is 4.88. The lowest BCUT2D eigenvalue weighted by atomic mass is 10.0. The third kappa shape index (κ3) is 3.79. The van der Waals surface area contributed by atoms with E-state index in [0.717, 1.165) is 48.4 Å². The molecule has 1 atom stereocenters. The van der Waals surface area contributed by atoms with Crippen LogP contribution in [0.3, 0.4) is 0 Å². The van der Waals surface area contributed by atoms with E-state index >= 15 is 0 Å². The maximum atomic E-state index is 13.2. The molecule has 1 aromatic carbocycles. The number of carbonyl (C=O) groups is 1. The summed E-state index contributed by atoms with van der Waals surface area (Å²) in [7, 11) is 0. The van der Waals surface area contributed by atoms with Crippen LogP contribution in [0.5, 0.6) is 0 Å². The minimum atomic E-state index is 0.159. The molecule has 5 nitrogen and oxygen atoms in total. The lowest BCUT2D eigenvalue weighted by Crippen LogP contribution is -2.40. The summed E-state index contributed by atoms with van der Waals surface area (Å²) in [5.74, 6) is 0.780. The number of hydrogen-bond acceptors (Lipinski definition) is 5. The highest BCUT2D eigenvalue weighted by atomic mass is 32.2. The third-order valence-corrected chi connectivity index (χ3v) is 5.70. The van der Waals surface area contributed by atoms with Crippen molar-refractivity contribution in [2.75, 3.05) is 11.3 Å². The number of nitrogens with one attached hydrogen (secondary N) is 1. The van der Waals surface area contributed by atoms with Gasteiger partial charge in [0.25, 0.3) is 5.91 Å². The molecule has 1 N–H and O–H groups in total. The van der Waals surface area contributed by atoms with Gasteiger partial charge < -0.3 is 4.90 Å². The smallest absolute Gasteiger partial charge is 0.254 e. The van der Waals surface area contributed by atoms with Crippen molar-refractivity contribution >= 4 is 23.8 Å². The number of aryl methyl sites for hydroxylation is 1. The van der Waals surface area contributed by atoms with Gasteiger partial charge in [0.15, 0.2) is 0 Å². The summed E-state index contributed by atoms with van der Waals surface area (Å²) in [6, 6.07) is 10.1. The van der Waals surface area contributed by atoms with Gasteiger partial charge in [-0.05, 0) is 61.9 Å². The first-order chi connectivity index (χ1) is 12.3. The summed E-state index contributed by atoms with van der Waals surface area (Å²) < 4.78 is 3.19. The van der Waals surface area contributed by atoms with Crippen LogP contribution in [0.4, 0.5) is 5.95 Å². The normalized spacial score (nSPS) is 21.0. The van der Waals surface area contributed by atoms with Gasteiger partial charge in [-0.3, -0.25) is 9.52 Å². The van der Waals surface area contributed by atoms with E-state index in [1.165, 1.54) is 24.8 Å². The number of fused-ring (bicyclic) bond motifs is 5. The zero-order chi connectivity index (χ0) is 17.1. The van der Waals surface area contributed by atoms with E-state index in [-0.39, 0.29) is 5.91 Å². The molecule has 0 spiro atoms. The predicted octanol–water partition coefficient (Wildman–Crippen LogP) is 3.93. The predicted molar refractivity (Wildman–Crippen MR) is 99.6 cm³/mol. The number of benzene rings is 1. The number of amides is 1. The van der Waals surface area contributed by atoms with Crippen LogP contribution in [0, 0.1) is 0 Å². The molecule has 1 amide bonds. The number of carbonyl (C=O) groups excluding carboxylic acids is 1. The highest BCUT2D eigenvalue weighted by Gasteiger charge is 2.26. The first-order valence-electron chi connectivity index (χ1n) is 8.95. The standard InChI is InChI=1S/C19H22N4OS/c24-18-14-5-4-7-17(13-14)25-22-19-20-11-10-15(21-19)8-9-16-6-2-1-3-12-23(16)18/h4-5,7,10-11,13,16H,1-3,6,8-9,12H2,(H,20,21,22). The van der Waals surface area contributed by atoms with Gasteiger partial charge in [0.2, 0.25) is 5.95 Å². The second kappa shape index (κ2) is 7.44.